The number of hydrogen-bond acceptors (Lipinski definition) is 2. The van der Waals surface area contributed by atoms with Crippen LogP contribution in [0.4, 0.5) is 0 Å². The summed E-state index contributed by atoms with van der Waals surface area (Å²) in [5, 5.41) is 7.62. The number of benzene rings is 2. The van der Waals surface area contributed by atoms with Crippen molar-refractivity contribution < 1.29 is 0 Å². The summed E-state index contributed by atoms with van der Waals surface area (Å²) < 4.78 is 1.14. The van der Waals surface area contributed by atoms with Gasteiger partial charge < -0.3 is 10.6 Å². The van der Waals surface area contributed by atoms with Crippen molar-refractivity contribution in [3.8, 4) is 0 Å². The molecule has 1 aliphatic carbocycles. The van der Waals surface area contributed by atoms with Gasteiger partial charge >= 0.3 is 0 Å². The molecule has 1 saturated carbocycles. The van der Waals surface area contributed by atoms with E-state index in [9.17, 15) is 0 Å². The molecular weight excluding hydrogens is 467 g/mol. The third kappa shape index (κ3) is 8.98. The van der Waals surface area contributed by atoms with Crippen LogP contribution >= 0.6 is 40.7 Å². The topological polar surface area (TPSA) is 24.1 Å². The van der Waals surface area contributed by atoms with Crippen molar-refractivity contribution in [2.75, 3.05) is 0 Å². The summed E-state index contributed by atoms with van der Waals surface area (Å²) >= 11 is 3.51. The first-order valence-electron chi connectivity index (χ1n) is 10.5. The van der Waals surface area contributed by atoms with E-state index < -0.39 is 0 Å². The summed E-state index contributed by atoms with van der Waals surface area (Å²) in [7, 11) is 0. The number of rotatable bonds is 9. The summed E-state index contributed by atoms with van der Waals surface area (Å²) in [5.41, 5.74) is 4.21. The highest BCUT2D eigenvalue weighted by molar-refractivity contribution is 9.10. The number of unbranched alkanes of at least 4 members (excludes halogenated alkanes) is 1. The fourth-order valence-electron chi connectivity index (χ4n) is 3.92. The Balaban J connectivity index is 0.00000210. The lowest BCUT2D eigenvalue weighted by Crippen LogP contribution is -2.49. The second kappa shape index (κ2) is 14.4. The Bertz CT molecular complexity index is 676. The molecule has 2 atom stereocenters. The molecule has 0 bridgehead atoms. The number of halogens is 3. The lowest BCUT2D eigenvalue weighted by Gasteiger charge is -2.33. The molecule has 2 N–H and O–H groups in total. The molecule has 2 aromatic carbocycles. The maximum Gasteiger partial charge on any atom is 0.0224 e. The summed E-state index contributed by atoms with van der Waals surface area (Å²) in [6, 6.07) is 19.0. The van der Waals surface area contributed by atoms with E-state index in [1.165, 1.54) is 61.6 Å². The van der Waals surface area contributed by atoms with Crippen molar-refractivity contribution in [2.45, 2.75) is 77.0 Å². The standard InChI is InChI=1S/C24H33BrN2.2ClH/c1-2-3-6-19-9-11-20(12-10-19)17-26-23-7-4-5-8-24(23)27-18-21-13-15-22(25)16-14-21;;/h9-16,23-24,26-27H,2-8,17-18H2,1H3;2*1H. The molecule has 0 spiro atoms. The van der Waals surface area contributed by atoms with Crippen molar-refractivity contribution in [3.63, 3.8) is 0 Å². The van der Waals surface area contributed by atoms with Gasteiger partial charge in [0.2, 0.25) is 0 Å². The van der Waals surface area contributed by atoms with Crippen LogP contribution in [0.3, 0.4) is 0 Å². The summed E-state index contributed by atoms with van der Waals surface area (Å²) in [4.78, 5) is 0. The van der Waals surface area contributed by atoms with Gasteiger partial charge in [-0.1, -0.05) is 78.5 Å². The minimum absolute atomic E-state index is 0. The van der Waals surface area contributed by atoms with Crippen LogP contribution in [0.25, 0.3) is 0 Å². The van der Waals surface area contributed by atoms with Crippen molar-refractivity contribution in [3.05, 3.63) is 69.7 Å². The SMILES string of the molecule is CCCCc1ccc(CNC2CCCCC2NCc2ccc(Br)cc2)cc1.Cl.Cl. The van der Waals surface area contributed by atoms with E-state index in [0.717, 1.165) is 17.6 Å². The highest BCUT2D eigenvalue weighted by Gasteiger charge is 2.24. The molecule has 0 aromatic heterocycles. The van der Waals surface area contributed by atoms with Gasteiger partial charge in [-0.25, -0.2) is 0 Å². The molecule has 0 saturated heterocycles. The summed E-state index contributed by atoms with van der Waals surface area (Å²) in [6.07, 6.45) is 8.96. The van der Waals surface area contributed by atoms with Crippen LogP contribution in [0.1, 0.15) is 62.1 Å². The molecule has 5 heteroatoms. The van der Waals surface area contributed by atoms with Crippen LogP contribution in [0.5, 0.6) is 0 Å². The Kier molecular flexibility index (Phi) is 13.2. The average Bonchev–Trinajstić information content (AvgIpc) is 2.71. The lowest BCUT2D eigenvalue weighted by atomic mass is 9.90. The highest BCUT2D eigenvalue weighted by atomic mass is 79.9. The van der Waals surface area contributed by atoms with Gasteiger partial charge in [-0.3, -0.25) is 0 Å². The molecule has 3 rings (SSSR count). The zero-order chi connectivity index (χ0) is 18.9. The minimum Gasteiger partial charge on any atom is -0.308 e. The first-order chi connectivity index (χ1) is 13.2. The first-order valence-corrected chi connectivity index (χ1v) is 11.3. The molecule has 2 nitrogen and oxygen atoms in total. The van der Waals surface area contributed by atoms with Crippen molar-refractivity contribution >= 4 is 40.7 Å². The smallest absolute Gasteiger partial charge is 0.0224 e. The van der Waals surface area contributed by atoms with E-state index in [4.69, 9.17) is 0 Å². The van der Waals surface area contributed by atoms with Crippen molar-refractivity contribution in [1.82, 2.24) is 10.6 Å². The van der Waals surface area contributed by atoms with E-state index in [0.29, 0.717) is 12.1 Å². The molecule has 0 aliphatic heterocycles. The van der Waals surface area contributed by atoms with Crippen LogP contribution in [0.15, 0.2) is 53.0 Å². The van der Waals surface area contributed by atoms with Crippen LogP contribution < -0.4 is 10.6 Å². The quantitative estimate of drug-likeness (QED) is 0.393. The number of aryl methyl sites for hydroxylation is 1. The van der Waals surface area contributed by atoms with Crippen LogP contribution in [-0.2, 0) is 19.5 Å². The Hall–Kier alpha value is -0.580. The van der Waals surface area contributed by atoms with E-state index >= 15 is 0 Å². The summed E-state index contributed by atoms with van der Waals surface area (Å²) in [5.74, 6) is 0. The first kappa shape index (κ1) is 26.5. The zero-order valence-corrected chi connectivity index (χ0v) is 20.6. The molecule has 2 unspecified atom stereocenters. The third-order valence-electron chi connectivity index (χ3n) is 5.66. The molecule has 1 aliphatic rings. The van der Waals surface area contributed by atoms with E-state index in [-0.39, 0.29) is 24.8 Å². The molecule has 29 heavy (non-hydrogen) atoms. The Morgan fingerprint density at radius 2 is 1.21 bits per heavy atom. The van der Waals surface area contributed by atoms with Gasteiger partial charge in [0.15, 0.2) is 0 Å². The zero-order valence-electron chi connectivity index (χ0n) is 17.3. The molecule has 1 fully saturated rings. The molecule has 0 heterocycles. The molecule has 0 radical (unpaired) electrons. The molecule has 162 valence electrons. The highest BCUT2D eigenvalue weighted by Crippen LogP contribution is 2.20. The lowest BCUT2D eigenvalue weighted by molar-refractivity contribution is 0.281. The van der Waals surface area contributed by atoms with Crippen LogP contribution in [0.2, 0.25) is 0 Å². The maximum absolute atomic E-state index is 3.83. The molecule has 0 amide bonds. The Morgan fingerprint density at radius 3 is 1.69 bits per heavy atom. The second-order valence-electron chi connectivity index (χ2n) is 7.81. The fraction of sp³-hybridized carbons (Fsp3) is 0.500. The fourth-order valence-corrected chi connectivity index (χ4v) is 4.19. The Morgan fingerprint density at radius 1 is 0.759 bits per heavy atom. The van der Waals surface area contributed by atoms with Gasteiger partial charge in [0.25, 0.3) is 0 Å². The average molecular weight is 502 g/mol. The van der Waals surface area contributed by atoms with Gasteiger partial charge in [-0.05, 0) is 54.5 Å². The Labute approximate surface area is 197 Å². The number of hydrogen-bond donors (Lipinski definition) is 2. The van der Waals surface area contributed by atoms with E-state index in [1.807, 2.05) is 0 Å². The third-order valence-corrected chi connectivity index (χ3v) is 6.19. The van der Waals surface area contributed by atoms with Gasteiger partial charge in [-0.2, -0.15) is 0 Å². The summed E-state index contributed by atoms with van der Waals surface area (Å²) in [6.45, 7) is 4.17. The van der Waals surface area contributed by atoms with Gasteiger partial charge in [0, 0.05) is 29.6 Å². The van der Waals surface area contributed by atoms with Crippen LogP contribution in [0, 0.1) is 0 Å². The van der Waals surface area contributed by atoms with Crippen LogP contribution in [-0.4, -0.2) is 12.1 Å². The molecule has 2 aromatic rings. The predicted molar refractivity (Wildman–Crippen MR) is 133 cm³/mol. The van der Waals surface area contributed by atoms with Crippen molar-refractivity contribution in [2.24, 2.45) is 0 Å². The maximum atomic E-state index is 3.83. The number of nitrogens with one attached hydrogen (secondary N) is 2. The van der Waals surface area contributed by atoms with E-state index in [2.05, 4.69) is 82.0 Å². The van der Waals surface area contributed by atoms with Crippen molar-refractivity contribution in [1.29, 1.82) is 0 Å². The van der Waals surface area contributed by atoms with Gasteiger partial charge in [0.05, 0.1) is 0 Å². The van der Waals surface area contributed by atoms with E-state index in [1.54, 1.807) is 0 Å². The monoisotopic (exact) mass is 500 g/mol. The largest absolute Gasteiger partial charge is 0.308 e. The minimum atomic E-state index is 0. The second-order valence-corrected chi connectivity index (χ2v) is 8.72. The normalized spacial score (nSPS) is 18.6. The molecular formula is C24H35BrCl2N2. The van der Waals surface area contributed by atoms with Gasteiger partial charge in [-0.15, -0.1) is 24.8 Å². The van der Waals surface area contributed by atoms with Gasteiger partial charge in [0.1, 0.15) is 0 Å². The predicted octanol–water partition coefficient (Wildman–Crippen LogP) is 6.83.